The number of rotatable bonds is 3. The highest BCUT2D eigenvalue weighted by molar-refractivity contribution is 7.92. The molecular formula is C16H23N3O2S. The number of hydrogen-bond acceptors (Lipinski definition) is 3. The molecule has 0 amide bonds. The van der Waals surface area contributed by atoms with Crippen LogP contribution in [0, 0.1) is 27.7 Å². The summed E-state index contributed by atoms with van der Waals surface area (Å²) in [5.74, 6) is 0. The molecule has 0 bridgehead atoms. The molecule has 0 N–H and O–H groups in total. The number of benzene rings is 1. The Labute approximate surface area is 132 Å². The van der Waals surface area contributed by atoms with Gasteiger partial charge in [0.15, 0.2) is 0 Å². The number of sulfonamides is 1. The summed E-state index contributed by atoms with van der Waals surface area (Å²) in [7, 11) is 0.197. The first kappa shape index (κ1) is 16.5. The Morgan fingerprint density at radius 3 is 2.14 bits per heavy atom. The van der Waals surface area contributed by atoms with Gasteiger partial charge in [-0.3, -0.25) is 8.99 Å². The Morgan fingerprint density at radius 1 is 1.09 bits per heavy atom. The topological polar surface area (TPSA) is 55.2 Å². The summed E-state index contributed by atoms with van der Waals surface area (Å²) in [5, 5.41) is 4.58. The maximum Gasteiger partial charge on any atom is 0.232 e. The van der Waals surface area contributed by atoms with Gasteiger partial charge >= 0.3 is 0 Å². The zero-order chi connectivity index (χ0) is 16.8. The van der Waals surface area contributed by atoms with Gasteiger partial charge in [0.05, 0.1) is 17.6 Å². The van der Waals surface area contributed by atoms with Gasteiger partial charge in [-0.1, -0.05) is 6.07 Å². The van der Waals surface area contributed by atoms with Crippen LogP contribution in [0.1, 0.15) is 22.4 Å². The maximum absolute atomic E-state index is 11.8. The van der Waals surface area contributed by atoms with Crippen molar-refractivity contribution in [2.75, 3.05) is 17.6 Å². The average molecular weight is 321 g/mol. The molecule has 1 aromatic heterocycles. The molecule has 22 heavy (non-hydrogen) atoms. The van der Waals surface area contributed by atoms with Crippen LogP contribution in [-0.2, 0) is 17.1 Å². The first-order chi connectivity index (χ1) is 10.0. The smallest absolute Gasteiger partial charge is 0.232 e. The van der Waals surface area contributed by atoms with Crippen molar-refractivity contribution < 1.29 is 8.42 Å². The van der Waals surface area contributed by atoms with Crippen LogP contribution in [0.4, 0.5) is 5.69 Å². The fourth-order valence-electron chi connectivity index (χ4n) is 2.58. The summed E-state index contributed by atoms with van der Waals surface area (Å²) in [6.07, 6.45) is 1.21. The molecule has 0 aliphatic carbocycles. The van der Waals surface area contributed by atoms with Crippen LogP contribution >= 0.6 is 0 Å². The standard InChI is InChI=1S/C16H23N3O2S/c1-10-8-11(2)15(19(6)22(7,20)21)9-14(10)16-12(3)13(4)18(5)17-16/h8-9H,1-7H3. The number of anilines is 1. The molecule has 6 heteroatoms. The van der Waals surface area contributed by atoms with Gasteiger partial charge in [0.2, 0.25) is 10.0 Å². The van der Waals surface area contributed by atoms with Gasteiger partial charge in [-0.2, -0.15) is 5.10 Å². The molecule has 0 aliphatic rings. The molecule has 2 rings (SSSR count). The predicted octanol–water partition coefficient (Wildman–Crippen LogP) is 2.72. The molecule has 0 spiro atoms. The van der Waals surface area contributed by atoms with E-state index < -0.39 is 10.0 Å². The monoisotopic (exact) mass is 321 g/mol. The van der Waals surface area contributed by atoms with Gasteiger partial charge in [0, 0.05) is 25.4 Å². The van der Waals surface area contributed by atoms with Gasteiger partial charge in [0.25, 0.3) is 0 Å². The molecule has 0 unspecified atom stereocenters. The van der Waals surface area contributed by atoms with E-state index in [0.717, 1.165) is 33.6 Å². The zero-order valence-electron chi connectivity index (χ0n) is 14.2. The minimum atomic E-state index is -3.30. The van der Waals surface area contributed by atoms with Gasteiger partial charge in [-0.25, -0.2) is 8.42 Å². The largest absolute Gasteiger partial charge is 0.273 e. The molecule has 0 saturated heterocycles. The minimum Gasteiger partial charge on any atom is -0.273 e. The van der Waals surface area contributed by atoms with Crippen LogP contribution < -0.4 is 4.31 Å². The first-order valence-electron chi connectivity index (χ1n) is 7.09. The second-order valence-electron chi connectivity index (χ2n) is 5.87. The van der Waals surface area contributed by atoms with Crippen molar-refractivity contribution >= 4 is 15.7 Å². The molecule has 0 aliphatic heterocycles. The van der Waals surface area contributed by atoms with Crippen molar-refractivity contribution in [3.05, 3.63) is 34.5 Å². The first-order valence-corrected chi connectivity index (χ1v) is 8.94. The number of aryl methyl sites for hydroxylation is 3. The van der Waals surface area contributed by atoms with Crippen LogP contribution in [0.2, 0.25) is 0 Å². The van der Waals surface area contributed by atoms with Crippen molar-refractivity contribution in [3.8, 4) is 11.3 Å². The lowest BCUT2D eigenvalue weighted by atomic mass is 9.99. The van der Waals surface area contributed by atoms with Gasteiger partial charge < -0.3 is 0 Å². The second-order valence-corrected chi connectivity index (χ2v) is 7.88. The van der Waals surface area contributed by atoms with Crippen LogP contribution in [0.5, 0.6) is 0 Å². The molecule has 0 atom stereocenters. The predicted molar refractivity (Wildman–Crippen MR) is 90.8 cm³/mol. The summed E-state index contributed by atoms with van der Waals surface area (Å²) in [6.45, 7) is 8.01. The van der Waals surface area contributed by atoms with Crippen molar-refractivity contribution in [3.63, 3.8) is 0 Å². The van der Waals surface area contributed by atoms with E-state index >= 15 is 0 Å². The maximum atomic E-state index is 11.8. The zero-order valence-corrected chi connectivity index (χ0v) is 15.0. The van der Waals surface area contributed by atoms with E-state index in [2.05, 4.69) is 5.10 Å². The lowest BCUT2D eigenvalue weighted by molar-refractivity contribution is 0.600. The highest BCUT2D eigenvalue weighted by Gasteiger charge is 2.19. The highest BCUT2D eigenvalue weighted by Crippen LogP contribution is 2.33. The van der Waals surface area contributed by atoms with E-state index in [-0.39, 0.29) is 0 Å². The second kappa shape index (κ2) is 5.43. The molecule has 0 saturated carbocycles. The molecule has 120 valence electrons. The van der Waals surface area contributed by atoms with Crippen molar-refractivity contribution in [2.24, 2.45) is 7.05 Å². The van der Waals surface area contributed by atoms with E-state index in [9.17, 15) is 8.42 Å². The summed E-state index contributed by atoms with van der Waals surface area (Å²) in [6, 6.07) is 3.93. The fourth-order valence-corrected chi connectivity index (χ4v) is 3.14. The Bertz CT molecular complexity index is 836. The Kier molecular flexibility index (Phi) is 4.08. The lowest BCUT2D eigenvalue weighted by Crippen LogP contribution is -2.25. The molecular weight excluding hydrogens is 298 g/mol. The quantitative estimate of drug-likeness (QED) is 0.873. The van der Waals surface area contributed by atoms with Gasteiger partial charge in [-0.15, -0.1) is 0 Å². The summed E-state index contributed by atoms with van der Waals surface area (Å²) in [5.41, 5.74) is 6.79. The van der Waals surface area contributed by atoms with E-state index in [1.54, 1.807) is 7.05 Å². The number of nitrogens with zero attached hydrogens (tertiary/aromatic N) is 3. The summed E-state index contributed by atoms with van der Waals surface area (Å²) in [4.78, 5) is 0. The Hall–Kier alpha value is -1.82. The molecule has 1 aromatic carbocycles. The van der Waals surface area contributed by atoms with E-state index in [1.165, 1.54) is 10.6 Å². The molecule has 0 radical (unpaired) electrons. The van der Waals surface area contributed by atoms with Crippen molar-refractivity contribution in [1.29, 1.82) is 0 Å². The SMILES string of the molecule is Cc1cc(C)c(N(C)S(C)(=O)=O)cc1-c1nn(C)c(C)c1C. The average Bonchev–Trinajstić information content (AvgIpc) is 2.65. The third-order valence-electron chi connectivity index (χ3n) is 4.27. The minimum absolute atomic E-state index is 0.686. The molecule has 2 aromatic rings. The molecule has 0 fully saturated rings. The number of aromatic nitrogens is 2. The van der Waals surface area contributed by atoms with Crippen molar-refractivity contribution in [1.82, 2.24) is 9.78 Å². The van der Waals surface area contributed by atoms with Gasteiger partial charge in [0.1, 0.15) is 0 Å². The van der Waals surface area contributed by atoms with Gasteiger partial charge in [-0.05, 0) is 50.5 Å². The van der Waals surface area contributed by atoms with E-state index in [4.69, 9.17) is 0 Å². The van der Waals surface area contributed by atoms with Crippen LogP contribution in [0.25, 0.3) is 11.3 Å². The Balaban J connectivity index is 2.71. The van der Waals surface area contributed by atoms with Crippen LogP contribution in [0.3, 0.4) is 0 Å². The lowest BCUT2D eigenvalue weighted by Gasteiger charge is -2.21. The van der Waals surface area contributed by atoms with Crippen LogP contribution in [0.15, 0.2) is 12.1 Å². The van der Waals surface area contributed by atoms with Crippen LogP contribution in [-0.4, -0.2) is 31.5 Å². The van der Waals surface area contributed by atoms with Crippen molar-refractivity contribution in [2.45, 2.75) is 27.7 Å². The summed E-state index contributed by atoms with van der Waals surface area (Å²) >= 11 is 0. The third-order valence-corrected chi connectivity index (χ3v) is 5.46. The Morgan fingerprint density at radius 2 is 1.68 bits per heavy atom. The molecule has 1 heterocycles. The van der Waals surface area contributed by atoms with E-state index in [1.807, 2.05) is 51.6 Å². The molecule has 5 nitrogen and oxygen atoms in total. The normalized spacial score (nSPS) is 11.8. The highest BCUT2D eigenvalue weighted by atomic mass is 32.2. The third kappa shape index (κ3) is 2.75. The van der Waals surface area contributed by atoms with E-state index in [0.29, 0.717) is 5.69 Å². The fraction of sp³-hybridized carbons (Fsp3) is 0.438. The summed E-state index contributed by atoms with van der Waals surface area (Å²) < 4.78 is 26.9. The number of hydrogen-bond donors (Lipinski definition) is 0.